The molecule has 0 aliphatic rings. The van der Waals surface area contributed by atoms with Crippen LogP contribution in [0.2, 0.25) is 0 Å². The molecule has 2 aromatic carbocycles. The first-order valence-corrected chi connectivity index (χ1v) is 6.81. The second-order valence-electron chi connectivity index (χ2n) is 4.29. The fourth-order valence-corrected chi connectivity index (χ4v) is 2.09. The van der Waals surface area contributed by atoms with Gasteiger partial charge in [-0.2, -0.15) is 5.10 Å². The van der Waals surface area contributed by atoms with Crippen molar-refractivity contribution in [3.63, 3.8) is 0 Å². The summed E-state index contributed by atoms with van der Waals surface area (Å²) >= 11 is 3.27. The summed E-state index contributed by atoms with van der Waals surface area (Å²) < 4.78 is 5.65. The Morgan fingerprint density at radius 1 is 1.25 bits per heavy atom. The summed E-state index contributed by atoms with van der Waals surface area (Å²) in [6.45, 7) is 2.04. The van der Waals surface area contributed by atoms with Crippen LogP contribution in [0, 0.1) is 6.92 Å². The summed E-state index contributed by atoms with van der Waals surface area (Å²) in [5.41, 5.74) is 5.87. The summed E-state index contributed by atoms with van der Waals surface area (Å²) in [5.74, 6) is 0.479. The predicted molar refractivity (Wildman–Crippen MR) is 84.8 cm³/mol. The Morgan fingerprint density at radius 2 is 1.95 bits per heavy atom. The minimum absolute atomic E-state index is 0.0798. The molecule has 0 aliphatic carbocycles. The first-order chi connectivity index (χ1) is 9.60. The number of hydrazone groups is 1. The molecule has 0 unspecified atom stereocenters. The van der Waals surface area contributed by atoms with Crippen molar-refractivity contribution in [2.45, 2.75) is 6.92 Å². The van der Waals surface area contributed by atoms with Crippen molar-refractivity contribution in [2.24, 2.45) is 5.10 Å². The largest absolute Gasteiger partial charge is 0.503 e. The molecule has 0 radical (unpaired) electrons. The summed E-state index contributed by atoms with van der Waals surface area (Å²) in [6, 6.07) is 11.4. The van der Waals surface area contributed by atoms with Crippen molar-refractivity contribution in [3.05, 3.63) is 52.0 Å². The number of phenols is 1. The molecule has 0 fully saturated rings. The van der Waals surface area contributed by atoms with Gasteiger partial charge in [0.05, 0.1) is 23.5 Å². The van der Waals surface area contributed by atoms with Crippen molar-refractivity contribution in [1.29, 1.82) is 0 Å². The topological polar surface area (TPSA) is 53.8 Å². The molecule has 2 rings (SSSR count). The van der Waals surface area contributed by atoms with Gasteiger partial charge in [0.2, 0.25) is 0 Å². The third-order valence-electron chi connectivity index (χ3n) is 2.73. The van der Waals surface area contributed by atoms with E-state index in [0.717, 1.165) is 11.3 Å². The molecule has 0 saturated heterocycles. The van der Waals surface area contributed by atoms with Crippen LogP contribution in [0.15, 0.2) is 46.0 Å². The molecule has 0 bridgehead atoms. The highest BCUT2D eigenvalue weighted by Crippen LogP contribution is 2.34. The van der Waals surface area contributed by atoms with Crippen molar-refractivity contribution < 1.29 is 9.84 Å². The van der Waals surface area contributed by atoms with Crippen LogP contribution in [0.3, 0.4) is 0 Å². The number of phenolic OH excluding ortho intramolecular Hbond substituents is 1. The molecule has 104 valence electrons. The zero-order valence-electron chi connectivity index (χ0n) is 11.2. The number of nitrogens with one attached hydrogen (secondary N) is 1. The van der Waals surface area contributed by atoms with Gasteiger partial charge in [0.15, 0.2) is 11.5 Å². The van der Waals surface area contributed by atoms with Crippen LogP contribution in [0.5, 0.6) is 11.5 Å². The third-order valence-corrected chi connectivity index (χ3v) is 3.33. The standard InChI is InChI=1S/C15H15BrN2O2/c1-10-3-5-12(6-4-10)18-17-9-11-7-13(16)15(19)14(8-11)20-2/h3-9,18-19H,1-2H3/b17-9+. The van der Waals surface area contributed by atoms with Gasteiger partial charge in [-0.3, -0.25) is 5.43 Å². The van der Waals surface area contributed by atoms with Crippen molar-refractivity contribution in [3.8, 4) is 11.5 Å². The molecule has 0 saturated carbocycles. The molecule has 0 aromatic heterocycles. The van der Waals surface area contributed by atoms with E-state index in [2.05, 4.69) is 26.5 Å². The number of hydrogen-bond acceptors (Lipinski definition) is 4. The molecule has 2 N–H and O–H groups in total. The second-order valence-corrected chi connectivity index (χ2v) is 5.14. The summed E-state index contributed by atoms with van der Waals surface area (Å²) in [5, 5.41) is 13.9. The highest BCUT2D eigenvalue weighted by molar-refractivity contribution is 9.10. The van der Waals surface area contributed by atoms with E-state index in [4.69, 9.17) is 4.74 Å². The number of aromatic hydroxyl groups is 1. The van der Waals surface area contributed by atoms with Crippen LogP contribution in [-0.2, 0) is 0 Å². The Kier molecular flexibility index (Phi) is 4.63. The smallest absolute Gasteiger partial charge is 0.172 e. The highest BCUT2D eigenvalue weighted by atomic mass is 79.9. The molecular weight excluding hydrogens is 320 g/mol. The predicted octanol–water partition coefficient (Wildman–Crippen LogP) is 3.92. The van der Waals surface area contributed by atoms with E-state index in [1.165, 1.54) is 12.7 Å². The fraction of sp³-hybridized carbons (Fsp3) is 0.133. The molecule has 0 spiro atoms. The van der Waals surface area contributed by atoms with Crippen molar-refractivity contribution in [2.75, 3.05) is 12.5 Å². The van der Waals surface area contributed by atoms with Gasteiger partial charge in [0, 0.05) is 0 Å². The molecule has 2 aromatic rings. The maximum Gasteiger partial charge on any atom is 0.172 e. The number of rotatable bonds is 4. The van der Waals surface area contributed by atoms with Gasteiger partial charge in [0.25, 0.3) is 0 Å². The van der Waals surface area contributed by atoms with E-state index < -0.39 is 0 Å². The lowest BCUT2D eigenvalue weighted by molar-refractivity contribution is 0.372. The van der Waals surface area contributed by atoms with Gasteiger partial charge in [-0.15, -0.1) is 0 Å². The molecule has 20 heavy (non-hydrogen) atoms. The Hall–Kier alpha value is -2.01. The number of methoxy groups -OCH3 is 1. The van der Waals surface area contributed by atoms with Gasteiger partial charge in [-0.1, -0.05) is 17.7 Å². The van der Waals surface area contributed by atoms with Crippen LogP contribution >= 0.6 is 15.9 Å². The van der Waals surface area contributed by atoms with Gasteiger partial charge in [-0.25, -0.2) is 0 Å². The van der Waals surface area contributed by atoms with E-state index in [1.54, 1.807) is 18.3 Å². The number of hydrogen-bond donors (Lipinski definition) is 2. The first-order valence-electron chi connectivity index (χ1n) is 6.02. The minimum atomic E-state index is 0.0798. The number of benzene rings is 2. The zero-order valence-corrected chi connectivity index (χ0v) is 12.8. The van der Waals surface area contributed by atoms with Gasteiger partial charge < -0.3 is 9.84 Å². The Balaban J connectivity index is 2.11. The van der Waals surface area contributed by atoms with Crippen LogP contribution in [-0.4, -0.2) is 18.4 Å². The van der Waals surface area contributed by atoms with E-state index >= 15 is 0 Å². The minimum Gasteiger partial charge on any atom is -0.503 e. The normalized spacial score (nSPS) is 10.8. The third kappa shape index (κ3) is 3.51. The van der Waals surface area contributed by atoms with Crippen LogP contribution in [0.4, 0.5) is 5.69 Å². The molecule has 4 nitrogen and oxygen atoms in total. The SMILES string of the molecule is COc1cc(/C=N/Nc2ccc(C)cc2)cc(Br)c1O. The molecule has 5 heteroatoms. The number of aryl methyl sites for hydroxylation is 1. The maximum absolute atomic E-state index is 9.72. The van der Waals surface area contributed by atoms with E-state index in [0.29, 0.717) is 10.2 Å². The summed E-state index contributed by atoms with van der Waals surface area (Å²) in [4.78, 5) is 0. The molecular formula is C15H15BrN2O2. The molecule has 0 atom stereocenters. The quantitative estimate of drug-likeness (QED) is 0.658. The lowest BCUT2D eigenvalue weighted by Gasteiger charge is -2.06. The highest BCUT2D eigenvalue weighted by Gasteiger charge is 2.07. The Morgan fingerprint density at radius 3 is 2.60 bits per heavy atom. The van der Waals surface area contributed by atoms with Crippen molar-refractivity contribution >= 4 is 27.8 Å². The van der Waals surface area contributed by atoms with E-state index in [-0.39, 0.29) is 5.75 Å². The van der Waals surface area contributed by atoms with Gasteiger partial charge in [-0.05, 0) is 52.7 Å². The number of halogens is 1. The Bertz CT molecular complexity index is 625. The van der Waals surface area contributed by atoms with E-state index in [9.17, 15) is 5.11 Å². The number of nitrogens with zero attached hydrogens (tertiary/aromatic N) is 1. The van der Waals surface area contributed by atoms with E-state index in [1.807, 2.05) is 31.2 Å². The van der Waals surface area contributed by atoms with Gasteiger partial charge in [0.1, 0.15) is 0 Å². The Labute approximate surface area is 126 Å². The lowest BCUT2D eigenvalue weighted by atomic mass is 10.2. The molecule has 0 heterocycles. The second kappa shape index (κ2) is 6.43. The average Bonchev–Trinajstić information content (AvgIpc) is 2.44. The van der Waals surface area contributed by atoms with Crippen molar-refractivity contribution in [1.82, 2.24) is 0 Å². The fourth-order valence-electron chi connectivity index (χ4n) is 1.63. The van der Waals surface area contributed by atoms with Crippen LogP contribution in [0.1, 0.15) is 11.1 Å². The van der Waals surface area contributed by atoms with Gasteiger partial charge >= 0.3 is 0 Å². The average molecular weight is 335 g/mol. The zero-order chi connectivity index (χ0) is 14.5. The summed E-state index contributed by atoms with van der Waals surface area (Å²) in [7, 11) is 1.51. The molecule has 0 aliphatic heterocycles. The maximum atomic E-state index is 9.72. The molecule has 0 amide bonds. The summed E-state index contributed by atoms with van der Waals surface area (Å²) in [6.07, 6.45) is 1.66. The number of anilines is 1. The van der Waals surface area contributed by atoms with Crippen LogP contribution < -0.4 is 10.2 Å². The monoisotopic (exact) mass is 334 g/mol. The number of ether oxygens (including phenoxy) is 1. The van der Waals surface area contributed by atoms with Crippen LogP contribution in [0.25, 0.3) is 0 Å². The first kappa shape index (κ1) is 14.4. The lowest BCUT2D eigenvalue weighted by Crippen LogP contribution is -1.92.